The summed E-state index contributed by atoms with van der Waals surface area (Å²) in [5, 5.41) is 13.7. The monoisotopic (exact) mass is 352 g/mol. The van der Waals surface area contributed by atoms with Crippen molar-refractivity contribution in [2.45, 2.75) is 19.3 Å². The van der Waals surface area contributed by atoms with E-state index in [0.29, 0.717) is 11.3 Å². The molecule has 6 nitrogen and oxygen atoms in total. The number of aliphatic carboxylic acids is 1. The number of hydrogen-bond donors (Lipinski definition) is 3. The van der Waals surface area contributed by atoms with Crippen LogP contribution in [0.2, 0.25) is 0 Å². The van der Waals surface area contributed by atoms with E-state index >= 15 is 0 Å². The lowest BCUT2D eigenvalue weighted by Crippen LogP contribution is -2.29. The van der Waals surface area contributed by atoms with Gasteiger partial charge in [-0.3, -0.25) is 14.4 Å². The lowest BCUT2D eigenvalue weighted by atomic mass is 10.0. The van der Waals surface area contributed by atoms with Gasteiger partial charge in [0.15, 0.2) is 0 Å². The average Bonchev–Trinajstić information content (AvgIpc) is 3.41. The van der Waals surface area contributed by atoms with E-state index in [1.165, 1.54) is 11.1 Å². The number of aryl methyl sites for hydroxylation is 1. The third-order valence-corrected chi connectivity index (χ3v) is 4.53. The van der Waals surface area contributed by atoms with Crippen molar-refractivity contribution in [2.24, 2.45) is 5.92 Å². The number of hydrogen-bond acceptors (Lipinski definition) is 3. The van der Waals surface area contributed by atoms with E-state index in [4.69, 9.17) is 5.11 Å². The minimum absolute atomic E-state index is 0.0265. The van der Waals surface area contributed by atoms with Gasteiger partial charge in [-0.25, -0.2) is 0 Å². The second kappa shape index (κ2) is 7.39. The second-order valence-corrected chi connectivity index (χ2v) is 6.45. The average molecular weight is 352 g/mol. The number of carbonyl (C=O) groups is 3. The number of carbonyl (C=O) groups excluding carboxylic acids is 2. The van der Waals surface area contributed by atoms with Crippen molar-refractivity contribution in [2.75, 3.05) is 11.9 Å². The number of anilines is 1. The standard InChI is InChI=1S/C20H20N2O4/c1-12-4-2-3-5-15(12)16-10-17(16)20(26)22-14-8-6-13(7-9-14)19(25)21-11-18(23)24/h2-9,16-17H,10-11H2,1H3,(H,21,25)(H,22,26)(H,23,24). The summed E-state index contributed by atoms with van der Waals surface area (Å²) < 4.78 is 0. The Bertz CT molecular complexity index is 845. The fourth-order valence-corrected chi connectivity index (χ4v) is 3.03. The molecule has 2 aromatic carbocycles. The van der Waals surface area contributed by atoms with Gasteiger partial charge in [-0.15, -0.1) is 0 Å². The first-order valence-corrected chi connectivity index (χ1v) is 8.42. The van der Waals surface area contributed by atoms with Crippen LogP contribution >= 0.6 is 0 Å². The van der Waals surface area contributed by atoms with Gasteiger partial charge < -0.3 is 15.7 Å². The summed E-state index contributed by atoms with van der Waals surface area (Å²) in [6.07, 6.45) is 0.840. The number of nitrogens with one attached hydrogen (secondary N) is 2. The Balaban J connectivity index is 1.56. The second-order valence-electron chi connectivity index (χ2n) is 6.45. The van der Waals surface area contributed by atoms with E-state index in [1.54, 1.807) is 24.3 Å². The van der Waals surface area contributed by atoms with Crippen molar-refractivity contribution in [3.63, 3.8) is 0 Å². The Kier molecular flexibility index (Phi) is 5.02. The van der Waals surface area contributed by atoms with Crippen molar-refractivity contribution in [3.05, 3.63) is 65.2 Å². The molecular formula is C20H20N2O4. The fourth-order valence-electron chi connectivity index (χ4n) is 3.03. The Hall–Kier alpha value is -3.15. The highest BCUT2D eigenvalue weighted by Crippen LogP contribution is 2.48. The summed E-state index contributed by atoms with van der Waals surface area (Å²) in [5.74, 6) is -1.37. The van der Waals surface area contributed by atoms with Crippen molar-refractivity contribution >= 4 is 23.5 Å². The SMILES string of the molecule is Cc1ccccc1C1CC1C(=O)Nc1ccc(C(=O)NCC(=O)O)cc1. The van der Waals surface area contributed by atoms with Crippen LogP contribution in [-0.2, 0) is 9.59 Å². The van der Waals surface area contributed by atoms with Gasteiger partial charge in [0, 0.05) is 17.2 Å². The van der Waals surface area contributed by atoms with Gasteiger partial charge in [-0.2, -0.15) is 0 Å². The first-order chi connectivity index (χ1) is 12.5. The highest BCUT2D eigenvalue weighted by atomic mass is 16.4. The molecule has 1 aliphatic rings. The summed E-state index contributed by atoms with van der Waals surface area (Å²) >= 11 is 0. The maximum atomic E-state index is 12.4. The molecule has 1 aliphatic carbocycles. The Labute approximate surface area is 151 Å². The highest BCUT2D eigenvalue weighted by molar-refractivity contribution is 5.98. The van der Waals surface area contributed by atoms with Gasteiger partial charge in [0.1, 0.15) is 6.54 Å². The molecule has 0 radical (unpaired) electrons. The Morgan fingerprint density at radius 1 is 1.08 bits per heavy atom. The molecular weight excluding hydrogens is 332 g/mol. The maximum Gasteiger partial charge on any atom is 0.322 e. The summed E-state index contributed by atoms with van der Waals surface area (Å²) in [6, 6.07) is 14.5. The molecule has 0 aliphatic heterocycles. The smallest absolute Gasteiger partial charge is 0.322 e. The Morgan fingerprint density at radius 2 is 1.77 bits per heavy atom. The summed E-state index contributed by atoms with van der Waals surface area (Å²) in [6.45, 7) is 1.62. The van der Waals surface area contributed by atoms with Crippen LogP contribution in [0.25, 0.3) is 0 Å². The van der Waals surface area contributed by atoms with E-state index < -0.39 is 18.4 Å². The summed E-state index contributed by atoms with van der Waals surface area (Å²) in [4.78, 5) is 34.6. The van der Waals surface area contributed by atoms with Crippen LogP contribution in [0.15, 0.2) is 48.5 Å². The Morgan fingerprint density at radius 3 is 2.42 bits per heavy atom. The van der Waals surface area contributed by atoms with Crippen LogP contribution in [-0.4, -0.2) is 29.4 Å². The topological polar surface area (TPSA) is 95.5 Å². The zero-order valence-electron chi connectivity index (χ0n) is 14.4. The molecule has 0 bridgehead atoms. The van der Waals surface area contributed by atoms with Crippen LogP contribution in [0, 0.1) is 12.8 Å². The minimum Gasteiger partial charge on any atom is -0.480 e. The molecule has 0 saturated heterocycles. The van der Waals surface area contributed by atoms with E-state index in [9.17, 15) is 14.4 Å². The van der Waals surface area contributed by atoms with Gasteiger partial charge in [0.05, 0.1) is 0 Å². The molecule has 6 heteroatoms. The molecule has 2 atom stereocenters. The number of carboxylic acids is 1. The first kappa shape index (κ1) is 17.7. The lowest BCUT2D eigenvalue weighted by Gasteiger charge is -2.08. The molecule has 3 N–H and O–H groups in total. The normalized spacial score (nSPS) is 18.0. The zero-order valence-corrected chi connectivity index (χ0v) is 14.4. The highest BCUT2D eigenvalue weighted by Gasteiger charge is 2.44. The molecule has 1 saturated carbocycles. The third kappa shape index (κ3) is 4.08. The first-order valence-electron chi connectivity index (χ1n) is 8.42. The molecule has 0 heterocycles. The van der Waals surface area contributed by atoms with E-state index in [0.717, 1.165) is 6.42 Å². The third-order valence-electron chi connectivity index (χ3n) is 4.53. The molecule has 2 amide bonds. The zero-order chi connectivity index (χ0) is 18.7. The molecule has 134 valence electrons. The van der Waals surface area contributed by atoms with Gasteiger partial charge in [-0.1, -0.05) is 24.3 Å². The predicted octanol–water partition coefficient (Wildman–Crippen LogP) is 2.55. The molecule has 2 unspecified atom stereocenters. The number of rotatable bonds is 6. The number of benzene rings is 2. The maximum absolute atomic E-state index is 12.4. The van der Waals surface area contributed by atoms with E-state index in [1.807, 2.05) is 12.1 Å². The number of amides is 2. The largest absolute Gasteiger partial charge is 0.480 e. The van der Waals surface area contributed by atoms with Crippen LogP contribution in [0.1, 0.15) is 33.8 Å². The lowest BCUT2D eigenvalue weighted by molar-refractivity contribution is -0.135. The van der Waals surface area contributed by atoms with Crippen LogP contribution in [0.3, 0.4) is 0 Å². The van der Waals surface area contributed by atoms with E-state index in [2.05, 4.69) is 29.7 Å². The van der Waals surface area contributed by atoms with Gasteiger partial charge >= 0.3 is 5.97 Å². The van der Waals surface area contributed by atoms with Crippen molar-refractivity contribution in [3.8, 4) is 0 Å². The molecule has 3 rings (SSSR count). The molecule has 1 fully saturated rings. The van der Waals surface area contributed by atoms with Gasteiger partial charge in [0.2, 0.25) is 5.91 Å². The molecule has 26 heavy (non-hydrogen) atoms. The quantitative estimate of drug-likeness (QED) is 0.744. The summed E-state index contributed by atoms with van der Waals surface area (Å²) in [7, 11) is 0. The molecule has 0 spiro atoms. The van der Waals surface area contributed by atoms with Crippen LogP contribution < -0.4 is 10.6 Å². The number of carboxylic acid groups (broad SMARTS) is 1. The molecule has 2 aromatic rings. The van der Waals surface area contributed by atoms with Crippen molar-refractivity contribution < 1.29 is 19.5 Å². The van der Waals surface area contributed by atoms with E-state index in [-0.39, 0.29) is 17.7 Å². The van der Waals surface area contributed by atoms with Gasteiger partial charge in [0.25, 0.3) is 5.91 Å². The van der Waals surface area contributed by atoms with Gasteiger partial charge in [-0.05, 0) is 54.7 Å². The van der Waals surface area contributed by atoms with Crippen LogP contribution in [0.5, 0.6) is 0 Å². The molecule has 0 aromatic heterocycles. The van der Waals surface area contributed by atoms with Crippen LogP contribution in [0.4, 0.5) is 5.69 Å². The van der Waals surface area contributed by atoms with Crippen molar-refractivity contribution in [1.82, 2.24) is 5.32 Å². The predicted molar refractivity (Wildman–Crippen MR) is 97.1 cm³/mol. The summed E-state index contributed by atoms with van der Waals surface area (Å²) in [5.41, 5.74) is 3.37. The van der Waals surface area contributed by atoms with Crippen molar-refractivity contribution in [1.29, 1.82) is 0 Å². The fraction of sp³-hybridized carbons (Fsp3) is 0.250. The minimum atomic E-state index is -1.10.